The van der Waals surface area contributed by atoms with Crippen molar-refractivity contribution in [3.05, 3.63) is 0 Å². The minimum atomic E-state index is 0.386. The summed E-state index contributed by atoms with van der Waals surface area (Å²) in [6.07, 6.45) is 3.63. The van der Waals surface area contributed by atoms with Crippen LogP contribution in [-0.4, -0.2) is 18.5 Å². The highest BCUT2D eigenvalue weighted by Crippen LogP contribution is 2.07. The molecule has 0 aliphatic rings. The van der Waals surface area contributed by atoms with Gasteiger partial charge in [0.15, 0.2) is 5.96 Å². The van der Waals surface area contributed by atoms with E-state index in [0.717, 1.165) is 12.3 Å². The Labute approximate surface area is 99.9 Å². The summed E-state index contributed by atoms with van der Waals surface area (Å²) in [5.74, 6) is 6.91. The molecule has 0 rings (SSSR count). The summed E-state index contributed by atoms with van der Waals surface area (Å²) in [6, 6.07) is 0.386. The molecule has 3 nitrogen and oxygen atoms in total. The van der Waals surface area contributed by atoms with E-state index in [2.05, 4.69) is 42.9 Å². The molecule has 0 bridgehead atoms. The maximum Gasteiger partial charge on any atom is 0.189 e. The van der Waals surface area contributed by atoms with Gasteiger partial charge in [0, 0.05) is 6.04 Å². The zero-order valence-corrected chi connectivity index (χ0v) is 11.0. The second-order valence-corrected chi connectivity index (χ2v) is 4.50. The molecule has 0 aliphatic heterocycles. The number of hydrogen-bond acceptors (Lipinski definition) is 1. The van der Waals surface area contributed by atoms with Crippen molar-refractivity contribution in [1.82, 2.24) is 5.32 Å². The maximum absolute atomic E-state index is 5.72. The van der Waals surface area contributed by atoms with Crippen molar-refractivity contribution in [1.29, 1.82) is 0 Å². The number of guanidine groups is 1. The molecule has 0 amide bonds. The lowest BCUT2D eigenvalue weighted by molar-refractivity contribution is 0.493. The Kier molecular flexibility index (Phi) is 8.42. The fourth-order valence-corrected chi connectivity index (χ4v) is 1.41. The zero-order chi connectivity index (χ0) is 12.4. The number of nitrogens with one attached hydrogen (secondary N) is 1. The van der Waals surface area contributed by atoms with Gasteiger partial charge in [-0.05, 0) is 26.2 Å². The van der Waals surface area contributed by atoms with Crippen molar-refractivity contribution in [2.75, 3.05) is 6.54 Å². The third-order valence-corrected chi connectivity index (χ3v) is 2.32. The Bertz CT molecular complexity index is 258. The predicted molar refractivity (Wildman–Crippen MR) is 71.2 cm³/mol. The summed E-state index contributed by atoms with van der Waals surface area (Å²) in [4.78, 5) is 4.11. The van der Waals surface area contributed by atoms with Crippen molar-refractivity contribution < 1.29 is 0 Å². The lowest BCUT2D eigenvalue weighted by atomic mass is 10.0. The number of nitrogens with two attached hydrogens (primary N) is 1. The molecule has 16 heavy (non-hydrogen) atoms. The van der Waals surface area contributed by atoms with Crippen molar-refractivity contribution in [3.8, 4) is 11.8 Å². The second kappa shape index (κ2) is 9.08. The van der Waals surface area contributed by atoms with Crippen molar-refractivity contribution in [3.63, 3.8) is 0 Å². The van der Waals surface area contributed by atoms with Gasteiger partial charge < -0.3 is 11.1 Å². The van der Waals surface area contributed by atoms with E-state index in [1.165, 1.54) is 12.8 Å². The molecule has 0 aromatic rings. The van der Waals surface area contributed by atoms with Gasteiger partial charge in [-0.15, -0.1) is 5.92 Å². The molecule has 0 saturated heterocycles. The van der Waals surface area contributed by atoms with Crippen LogP contribution in [0.1, 0.15) is 47.0 Å². The van der Waals surface area contributed by atoms with Crippen LogP contribution in [0, 0.1) is 17.8 Å². The van der Waals surface area contributed by atoms with Crippen LogP contribution in [0.25, 0.3) is 0 Å². The average molecular weight is 223 g/mol. The van der Waals surface area contributed by atoms with Gasteiger partial charge in [-0.1, -0.05) is 32.6 Å². The molecule has 0 aromatic heterocycles. The monoisotopic (exact) mass is 223 g/mol. The van der Waals surface area contributed by atoms with Crippen LogP contribution in [0.3, 0.4) is 0 Å². The summed E-state index contributed by atoms with van der Waals surface area (Å²) >= 11 is 0. The van der Waals surface area contributed by atoms with E-state index in [1.807, 2.05) is 0 Å². The molecule has 0 heterocycles. The molecule has 0 aliphatic carbocycles. The molecule has 1 unspecified atom stereocenters. The van der Waals surface area contributed by atoms with E-state index in [4.69, 9.17) is 5.73 Å². The number of aliphatic imine (C=N–C) groups is 1. The van der Waals surface area contributed by atoms with Crippen molar-refractivity contribution in [2.45, 2.75) is 53.0 Å². The van der Waals surface area contributed by atoms with E-state index >= 15 is 0 Å². The SMILES string of the molecule is CC#CCN=C(N)NC(C)CCCC(C)C. The third kappa shape index (κ3) is 9.39. The van der Waals surface area contributed by atoms with Crippen LogP contribution in [0.4, 0.5) is 0 Å². The summed E-state index contributed by atoms with van der Waals surface area (Å²) in [7, 11) is 0. The van der Waals surface area contributed by atoms with E-state index in [1.54, 1.807) is 6.92 Å². The topological polar surface area (TPSA) is 50.4 Å². The second-order valence-electron chi connectivity index (χ2n) is 4.50. The number of rotatable bonds is 6. The van der Waals surface area contributed by atoms with Gasteiger partial charge >= 0.3 is 0 Å². The van der Waals surface area contributed by atoms with Gasteiger partial charge in [-0.25, -0.2) is 4.99 Å². The van der Waals surface area contributed by atoms with Gasteiger partial charge in [0.05, 0.1) is 0 Å². The minimum Gasteiger partial charge on any atom is -0.370 e. The molecule has 0 fully saturated rings. The molecular weight excluding hydrogens is 198 g/mol. The first kappa shape index (κ1) is 14.8. The zero-order valence-electron chi connectivity index (χ0n) is 11.0. The first-order chi connectivity index (χ1) is 7.56. The minimum absolute atomic E-state index is 0.386. The number of hydrogen-bond donors (Lipinski definition) is 2. The Hall–Kier alpha value is -1.17. The fraction of sp³-hybridized carbons (Fsp3) is 0.769. The van der Waals surface area contributed by atoms with Crippen molar-refractivity contribution in [2.24, 2.45) is 16.6 Å². The average Bonchev–Trinajstić information content (AvgIpc) is 2.17. The Morgan fingerprint density at radius 1 is 1.31 bits per heavy atom. The Morgan fingerprint density at radius 2 is 2.00 bits per heavy atom. The Morgan fingerprint density at radius 3 is 2.56 bits per heavy atom. The van der Waals surface area contributed by atoms with E-state index in [9.17, 15) is 0 Å². The molecule has 0 spiro atoms. The molecule has 0 radical (unpaired) electrons. The highest BCUT2D eigenvalue weighted by Gasteiger charge is 2.03. The van der Waals surface area contributed by atoms with Gasteiger partial charge in [0.1, 0.15) is 6.54 Å². The summed E-state index contributed by atoms with van der Waals surface area (Å²) in [6.45, 7) is 8.91. The normalized spacial score (nSPS) is 13.2. The van der Waals surface area contributed by atoms with E-state index < -0.39 is 0 Å². The third-order valence-electron chi connectivity index (χ3n) is 2.32. The molecule has 0 saturated carbocycles. The van der Waals surface area contributed by atoms with Crippen LogP contribution in [0.2, 0.25) is 0 Å². The van der Waals surface area contributed by atoms with Crippen LogP contribution in [-0.2, 0) is 0 Å². The lowest BCUT2D eigenvalue weighted by Crippen LogP contribution is -2.38. The molecule has 3 heteroatoms. The first-order valence-corrected chi connectivity index (χ1v) is 6.02. The molecule has 1 atom stereocenters. The van der Waals surface area contributed by atoms with Crippen LogP contribution in [0.5, 0.6) is 0 Å². The smallest absolute Gasteiger partial charge is 0.189 e. The molecular formula is C13H25N3. The summed E-state index contributed by atoms with van der Waals surface area (Å²) in [5.41, 5.74) is 5.72. The van der Waals surface area contributed by atoms with Gasteiger partial charge in [-0.3, -0.25) is 0 Å². The van der Waals surface area contributed by atoms with Gasteiger partial charge in [0.2, 0.25) is 0 Å². The lowest BCUT2D eigenvalue weighted by Gasteiger charge is -2.14. The maximum atomic E-state index is 5.72. The van der Waals surface area contributed by atoms with Crippen LogP contribution in [0.15, 0.2) is 4.99 Å². The first-order valence-electron chi connectivity index (χ1n) is 6.02. The largest absolute Gasteiger partial charge is 0.370 e. The van der Waals surface area contributed by atoms with Crippen LogP contribution >= 0.6 is 0 Å². The standard InChI is InChI=1S/C13H25N3/c1-5-6-10-15-13(14)16-12(4)9-7-8-11(2)3/h11-12H,7-10H2,1-4H3,(H3,14,15,16). The predicted octanol–water partition coefficient (Wildman–Crippen LogP) is 2.13. The quantitative estimate of drug-likeness (QED) is 0.412. The number of nitrogens with zero attached hydrogens (tertiary/aromatic N) is 1. The fourth-order valence-electron chi connectivity index (χ4n) is 1.41. The highest BCUT2D eigenvalue weighted by atomic mass is 15.1. The Balaban J connectivity index is 3.71. The van der Waals surface area contributed by atoms with E-state index in [0.29, 0.717) is 18.5 Å². The van der Waals surface area contributed by atoms with Crippen molar-refractivity contribution >= 4 is 5.96 Å². The van der Waals surface area contributed by atoms with Crippen LogP contribution < -0.4 is 11.1 Å². The molecule has 0 aromatic carbocycles. The van der Waals surface area contributed by atoms with Gasteiger partial charge in [-0.2, -0.15) is 0 Å². The van der Waals surface area contributed by atoms with E-state index in [-0.39, 0.29) is 0 Å². The van der Waals surface area contributed by atoms with Gasteiger partial charge in [0.25, 0.3) is 0 Å². The summed E-state index contributed by atoms with van der Waals surface area (Å²) < 4.78 is 0. The molecule has 3 N–H and O–H groups in total. The highest BCUT2D eigenvalue weighted by molar-refractivity contribution is 5.78. The summed E-state index contributed by atoms with van der Waals surface area (Å²) in [5, 5.41) is 3.17. The molecule has 92 valence electrons.